The molecule has 1 heterocycles. The third kappa shape index (κ3) is 2.07. The molecule has 0 saturated heterocycles. The Labute approximate surface area is 107 Å². The van der Waals surface area contributed by atoms with Gasteiger partial charge in [0.25, 0.3) is 5.91 Å². The fourth-order valence-electron chi connectivity index (χ4n) is 3.01. The number of aromatic nitrogens is 1. The smallest absolute Gasteiger partial charge is 0.267 e. The number of rotatable bonds is 5. The summed E-state index contributed by atoms with van der Waals surface area (Å²) in [5.41, 5.74) is 7.03. The van der Waals surface area contributed by atoms with Crippen molar-refractivity contribution in [3.63, 3.8) is 0 Å². The number of nitrogens with two attached hydrogens (primary N) is 1. The fraction of sp³-hybridized carbons (Fsp3) is 0.571. The quantitative estimate of drug-likeness (QED) is 0.835. The second kappa shape index (κ2) is 4.26. The number of hydrogen-bond donors (Lipinski definition) is 2. The molecule has 4 nitrogen and oxygen atoms in total. The molecule has 2 saturated carbocycles. The highest BCUT2D eigenvalue weighted by Crippen LogP contribution is 2.56. The number of pyridine rings is 1. The van der Waals surface area contributed by atoms with Crippen molar-refractivity contribution < 1.29 is 4.79 Å². The molecule has 0 bridgehead atoms. The van der Waals surface area contributed by atoms with Gasteiger partial charge in [-0.3, -0.25) is 9.78 Å². The first kappa shape index (κ1) is 11.5. The van der Waals surface area contributed by atoms with Gasteiger partial charge in [-0.05, 0) is 49.1 Å². The van der Waals surface area contributed by atoms with E-state index in [4.69, 9.17) is 5.73 Å². The van der Waals surface area contributed by atoms with E-state index in [1.54, 1.807) is 12.3 Å². The Morgan fingerprint density at radius 3 is 2.83 bits per heavy atom. The first-order valence-corrected chi connectivity index (χ1v) is 6.69. The minimum atomic E-state index is -0.473. The van der Waals surface area contributed by atoms with E-state index < -0.39 is 5.91 Å². The number of nitrogens with zero attached hydrogens (tertiary/aromatic N) is 1. The van der Waals surface area contributed by atoms with Crippen molar-refractivity contribution in [2.45, 2.75) is 32.1 Å². The topological polar surface area (TPSA) is 68.0 Å². The Morgan fingerprint density at radius 2 is 2.28 bits per heavy atom. The van der Waals surface area contributed by atoms with E-state index in [0.29, 0.717) is 11.1 Å². The first-order valence-electron chi connectivity index (χ1n) is 6.69. The Bertz CT molecular complexity index is 464. The van der Waals surface area contributed by atoms with Gasteiger partial charge in [0, 0.05) is 18.4 Å². The minimum Gasteiger partial charge on any atom is -0.384 e. The van der Waals surface area contributed by atoms with Gasteiger partial charge >= 0.3 is 0 Å². The summed E-state index contributed by atoms with van der Waals surface area (Å²) < 4.78 is 0. The molecule has 3 rings (SSSR count). The molecule has 1 aromatic heterocycles. The average molecular weight is 245 g/mol. The zero-order chi connectivity index (χ0) is 12.6. The second-order valence-corrected chi connectivity index (χ2v) is 5.64. The third-order valence-electron chi connectivity index (χ3n) is 4.45. The number of anilines is 1. The van der Waals surface area contributed by atoms with Gasteiger partial charge in [-0.1, -0.05) is 6.42 Å². The molecule has 0 radical (unpaired) electrons. The number of hydrogen-bond acceptors (Lipinski definition) is 3. The van der Waals surface area contributed by atoms with Crippen LogP contribution in [0.4, 0.5) is 5.69 Å². The highest BCUT2D eigenvalue weighted by atomic mass is 16.1. The van der Waals surface area contributed by atoms with Gasteiger partial charge in [0.15, 0.2) is 0 Å². The first-order chi connectivity index (χ1) is 8.70. The molecule has 3 N–H and O–H groups in total. The molecular formula is C14H19N3O. The lowest BCUT2D eigenvalue weighted by molar-refractivity contribution is 0.0995. The maximum absolute atomic E-state index is 11.1. The summed E-state index contributed by atoms with van der Waals surface area (Å²) in [5.74, 6) is 0.454. The van der Waals surface area contributed by atoms with Crippen molar-refractivity contribution in [1.82, 2.24) is 4.98 Å². The van der Waals surface area contributed by atoms with E-state index in [9.17, 15) is 4.79 Å². The maximum atomic E-state index is 11.1. The molecule has 0 spiro atoms. The lowest BCUT2D eigenvalue weighted by Crippen LogP contribution is -2.38. The third-order valence-corrected chi connectivity index (χ3v) is 4.45. The predicted molar refractivity (Wildman–Crippen MR) is 70.3 cm³/mol. The molecule has 0 atom stereocenters. The van der Waals surface area contributed by atoms with Crippen LogP contribution in [0.15, 0.2) is 18.3 Å². The van der Waals surface area contributed by atoms with Gasteiger partial charge in [-0.2, -0.15) is 0 Å². The van der Waals surface area contributed by atoms with E-state index in [0.717, 1.165) is 18.2 Å². The predicted octanol–water partition coefficient (Wildman–Crippen LogP) is 2.17. The van der Waals surface area contributed by atoms with Crippen LogP contribution >= 0.6 is 0 Å². The summed E-state index contributed by atoms with van der Waals surface area (Å²) in [6.45, 7) is 1.01. The normalized spacial score (nSPS) is 21.1. The summed E-state index contributed by atoms with van der Waals surface area (Å²) in [4.78, 5) is 15.0. The molecule has 2 aliphatic carbocycles. The Balaban J connectivity index is 1.65. The lowest BCUT2D eigenvalue weighted by atomic mass is 9.65. The van der Waals surface area contributed by atoms with Crippen LogP contribution in [0.3, 0.4) is 0 Å². The summed E-state index contributed by atoms with van der Waals surface area (Å²) in [6.07, 6.45) is 8.47. The monoisotopic (exact) mass is 245 g/mol. The Morgan fingerprint density at radius 1 is 1.50 bits per heavy atom. The van der Waals surface area contributed by atoms with Crippen molar-refractivity contribution >= 4 is 11.6 Å². The van der Waals surface area contributed by atoms with Gasteiger partial charge in [0.1, 0.15) is 5.69 Å². The van der Waals surface area contributed by atoms with Crippen molar-refractivity contribution in [3.05, 3.63) is 24.0 Å². The van der Waals surface area contributed by atoms with Gasteiger partial charge in [-0.15, -0.1) is 0 Å². The highest BCUT2D eigenvalue weighted by Gasteiger charge is 2.48. The van der Waals surface area contributed by atoms with E-state index >= 15 is 0 Å². The molecule has 4 heteroatoms. The second-order valence-electron chi connectivity index (χ2n) is 5.64. The number of amides is 1. The molecule has 2 fully saturated rings. The highest BCUT2D eigenvalue weighted by molar-refractivity contribution is 5.91. The van der Waals surface area contributed by atoms with Crippen LogP contribution in [-0.4, -0.2) is 17.4 Å². The van der Waals surface area contributed by atoms with Crippen LogP contribution in [0.5, 0.6) is 0 Å². The molecule has 96 valence electrons. The van der Waals surface area contributed by atoms with E-state index in [1.165, 1.54) is 32.1 Å². The van der Waals surface area contributed by atoms with Gasteiger partial charge in [0.05, 0.1) is 0 Å². The van der Waals surface area contributed by atoms with Gasteiger partial charge < -0.3 is 11.1 Å². The molecule has 2 aliphatic rings. The van der Waals surface area contributed by atoms with E-state index in [2.05, 4.69) is 10.3 Å². The van der Waals surface area contributed by atoms with Crippen molar-refractivity contribution in [2.75, 3.05) is 11.9 Å². The largest absolute Gasteiger partial charge is 0.384 e. The zero-order valence-corrected chi connectivity index (χ0v) is 10.5. The van der Waals surface area contributed by atoms with E-state index in [1.807, 2.05) is 6.07 Å². The molecule has 0 unspecified atom stereocenters. The van der Waals surface area contributed by atoms with Gasteiger partial charge in [-0.25, -0.2) is 0 Å². The molecule has 0 aromatic carbocycles. The number of carbonyl (C=O) groups is 1. The van der Waals surface area contributed by atoms with Crippen LogP contribution in [0, 0.1) is 11.3 Å². The van der Waals surface area contributed by atoms with Crippen LogP contribution in [0.25, 0.3) is 0 Å². The number of nitrogens with one attached hydrogen (secondary N) is 1. The summed E-state index contributed by atoms with van der Waals surface area (Å²) in [5, 5.41) is 3.46. The number of carbonyl (C=O) groups excluding carboxylic acids is 1. The lowest BCUT2D eigenvalue weighted by Gasteiger charge is -2.43. The SMILES string of the molecule is NC(=O)c1cc(NCC2(C3CC3)CCC2)ccn1. The standard InChI is InChI=1S/C14H19N3O/c15-13(18)12-8-11(4-7-16-12)17-9-14(5-1-6-14)10-2-3-10/h4,7-8,10H,1-3,5-6,9H2,(H2,15,18)(H,16,17). The summed E-state index contributed by atoms with van der Waals surface area (Å²) in [6, 6.07) is 3.63. The van der Waals surface area contributed by atoms with Crippen molar-refractivity contribution in [2.24, 2.45) is 17.1 Å². The fourth-order valence-corrected chi connectivity index (χ4v) is 3.01. The molecular weight excluding hydrogens is 226 g/mol. The molecule has 1 amide bonds. The Kier molecular flexibility index (Phi) is 2.73. The summed E-state index contributed by atoms with van der Waals surface area (Å²) in [7, 11) is 0. The minimum absolute atomic E-state index is 0.328. The Hall–Kier alpha value is -1.58. The molecule has 1 aromatic rings. The van der Waals surface area contributed by atoms with Crippen molar-refractivity contribution in [1.29, 1.82) is 0 Å². The molecule has 18 heavy (non-hydrogen) atoms. The van der Waals surface area contributed by atoms with Crippen LogP contribution in [-0.2, 0) is 0 Å². The summed E-state index contributed by atoms with van der Waals surface area (Å²) >= 11 is 0. The molecule has 0 aliphatic heterocycles. The van der Waals surface area contributed by atoms with E-state index in [-0.39, 0.29) is 0 Å². The van der Waals surface area contributed by atoms with Crippen LogP contribution in [0.2, 0.25) is 0 Å². The number of primary amides is 1. The zero-order valence-electron chi connectivity index (χ0n) is 10.5. The van der Waals surface area contributed by atoms with Crippen LogP contribution in [0.1, 0.15) is 42.6 Å². The van der Waals surface area contributed by atoms with Crippen LogP contribution < -0.4 is 11.1 Å². The maximum Gasteiger partial charge on any atom is 0.267 e. The average Bonchev–Trinajstić information content (AvgIpc) is 3.13. The van der Waals surface area contributed by atoms with Crippen molar-refractivity contribution in [3.8, 4) is 0 Å². The van der Waals surface area contributed by atoms with Gasteiger partial charge in [0.2, 0.25) is 0 Å².